The standard InChI is InChI=1S/C27H27FN4O3/c1-27(34,26(33)31-21-8-7-17(11-30)25(35-2)24(21)28)14-32-12-18-9-19(23-20(13-32)22(18)23)16-5-3-15(10-29)4-6-16/h3-8,18-20,22-23,34H,9,12-14H2,1-2H3,(H,31,33). The van der Waals surface area contributed by atoms with Crippen molar-refractivity contribution in [2.45, 2.75) is 24.9 Å². The maximum atomic E-state index is 14.7. The predicted molar refractivity (Wildman–Crippen MR) is 126 cm³/mol. The number of amides is 1. The topological polar surface area (TPSA) is 109 Å². The Balaban J connectivity index is 1.22. The molecular formula is C27H27FN4O3. The van der Waals surface area contributed by atoms with Crippen LogP contribution < -0.4 is 10.1 Å². The van der Waals surface area contributed by atoms with E-state index in [4.69, 9.17) is 15.3 Å². The predicted octanol–water partition coefficient (Wildman–Crippen LogP) is 3.25. The summed E-state index contributed by atoms with van der Waals surface area (Å²) in [6, 6.07) is 14.6. The third kappa shape index (κ3) is 4.03. The quantitative estimate of drug-likeness (QED) is 0.665. The van der Waals surface area contributed by atoms with Gasteiger partial charge in [-0.1, -0.05) is 12.1 Å². The number of anilines is 1. The van der Waals surface area contributed by atoms with Crippen molar-refractivity contribution in [1.82, 2.24) is 4.90 Å². The van der Waals surface area contributed by atoms with Crippen LogP contribution in [0.3, 0.4) is 0 Å². The highest BCUT2D eigenvalue weighted by molar-refractivity contribution is 5.97. The number of nitriles is 2. The summed E-state index contributed by atoms with van der Waals surface area (Å²) < 4.78 is 19.7. The molecule has 0 aromatic heterocycles. The minimum absolute atomic E-state index is 0.0245. The van der Waals surface area contributed by atoms with Crippen LogP contribution in [0.2, 0.25) is 0 Å². The molecule has 2 saturated carbocycles. The van der Waals surface area contributed by atoms with E-state index in [9.17, 15) is 14.3 Å². The van der Waals surface area contributed by atoms with Crippen LogP contribution in [-0.4, -0.2) is 48.3 Å². The summed E-state index contributed by atoms with van der Waals surface area (Å²) in [5.41, 5.74) is 0.128. The van der Waals surface area contributed by atoms with Crippen LogP contribution in [0.25, 0.3) is 0 Å². The molecule has 180 valence electrons. The van der Waals surface area contributed by atoms with Gasteiger partial charge in [-0.15, -0.1) is 0 Å². The lowest BCUT2D eigenvalue weighted by molar-refractivity contribution is -0.134. The Kier molecular flexibility index (Phi) is 5.75. The number of piperidine rings is 1. The van der Waals surface area contributed by atoms with Gasteiger partial charge in [-0.3, -0.25) is 9.69 Å². The molecule has 5 rings (SSSR count). The lowest BCUT2D eigenvalue weighted by atomic mass is 9.85. The molecule has 6 atom stereocenters. The molecule has 1 amide bonds. The van der Waals surface area contributed by atoms with E-state index in [1.54, 1.807) is 0 Å². The van der Waals surface area contributed by atoms with Gasteiger partial charge in [-0.05, 0) is 72.8 Å². The summed E-state index contributed by atoms with van der Waals surface area (Å²) in [5, 5.41) is 31.6. The number of fused-ring (bicyclic) bond motifs is 1. The van der Waals surface area contributed by atoms with Crippen molar-refractivity contribution in [2.75, 3.05) is 32.1 Å². The highest BCUT2D eigenvalue weighted by Crippen LogP contribution is 2.68. The Bertz CT molecular complexity index is 1250. The first-order valence-corrected chi connectivity index (χ1v) is 11.8. The molecule has 8 heteroatoms. The number of carbonyl (C=O) groups is 1. The fourth-order valence-electron chi connectivity index (χ4n) is 6.44. The molecule has 3 aliphatic rings. The fourth-order valence-corrected chi connectivity index (χ4v) is 6.44. The van der Waals surface area contributed by atoms with Gasteiger partial charge >= 0.3 is 0 Å². The third-order valence-electron chi connectivity index (χ3n) is 7.98. The number of halogens is 1. The van der Waals surface area contributed by atoms with Gasteiger partial charge in [0.25, 0.3) is 5.91 Å². The number of rotatable bonds is 6. The van der Waals surface area contributed by atoms with Gasteiger partial charge in [0.15, 0.2) is 17.2 Å². The van der Waals surface area contributed by atoms with Gasteiger partial charge in [0.1, 0.15) is 6.07 Å². The van der Waals surface area contributed by atoms with E-state index in [-0.39, 0.29) is 23.5 Å². The molecule has 2 aromatic carbocycles. The minimum atomic E-state index is -1.72. The molecular weight excluding hydrogens is 447 g/mol. The second-order valence-electron chi connectivity index (χ2n) is 10.2. The van der Waals surface area contributed by atoms with Crippen molar-refractivity contribution in [3.05, 3.63) is 58.9 Å². The number of hydrogen-bond acceptors (Lipinski definition) is 6. The van der Waals surface area contributed by atoms with Crippen LogP contribution in [0, 0.1) is 52.2 Å². The molecule has 2 aromatic rings. The molecule has 1 saturated heterocycles. The Morgan fingerprint density at radius 2 is 1.94 bits per heavy atom. The molecule has 6 unspecified atom stereocenters. The molecule has 7 nitrogen and oxygen atoms in total. The molecule has 35 heavy (non-hydrogen) atoms. The zero-order chi connectivity index (χ0) is 24.9. The average molecular weight is 475 g/mol. The smallest absolute Gasteiger partial charge is 0.257 e. The number of benzene rings is 2. The largest absolute Gasteiger partial charge is 0.492 e. The Hall–Kier alpha value is -3.46. The van der Waals surface area contributed by atoms with Crippen molar-refractivity contribution in [2.24, 2.45) is 23.7 Å². The van der Waals surface area contributed by atoms with Gasteiger partial charge in [0.05, 0.1) is 30.0 Å². The highest BCUT2D eigenvalue weighted by atomic mass is 19.1. The molecule has 0 bridgehead atoms. The van der Waals surface area contributed by atoms with Crippen molar-refractivity contribution in [3.8, 4) is 17.9 Å². The SMILES string of the molecule is COc1c(C#N)ccc(NC(=O)C(C)(O)CN2CC3CC(c4ccc(C#N)cc4)C4C(C2)C34)c1F. The second-order valence-corrected chi connectivity index (χ2v) is 10.2. The number of aliphatic hydroxyl groups is 1. The van der Waals surface area contributed by atoms with E-state index in [2.05, 4.69) is 28.4 Å². The zero-order valence-corrected chi connectivity index (χ0v) is 19.7. The lowest BCUT2D eigenvalue weighted by Crippen LogP contribution is -2.52. The van der Waals surface area contributed by atoms with Gasteiger partial charge in [0.2, 0.25) is 0 Å². The van der Waals surface area contributed by atoms with E-state index < -0.39 is 17.3 Å². The van der Waals surface area contributed by atoms with Crippen LogP contribution in [0.1, 0.15) is 36.0 Å². The van der Waals surface area contributed by atoms with Crippen molar-refractivity contribution in [1.29, 1.82) is 10.5 Å². The third-order valence-corrected chi connectivity index (χ3v) is 7.98. The number of likely N-dealkylation sites (tertiary alicyclic amines) is 1. The monoisotopic (exact) mass is 474 g/mol. The first-order valence-electron chi connectivity index (χ1n) is 11.8. The van der Waals surface area contributed by atoms with Gasteiger partial charge in [-0.25, -0.2) is 4.39 Å². The molecule has 0 radical (unpaired) electrons. The van der Waals surface area contributed by atoms with Gasteiger partial charge in [-0.2, -0.15) is 10.5 Å². The maximum Gasteiger partial charge on any atom is 0.257 e. The summed E-state index contributed by atoms with van der Waals surface area (Å²) in [6.45, 7) is 3.23. The fraction of sp³-hybridized carbons (Fsp3) is 0.444. The Labute approximate surface area is 203 Å². The number of carbonyl (C=O) groups excluding carboxylic acids is 1. The first kappa shape index (κ1) is 23.3. The number of methoxy groups -OCH3 is 1. The summed E-state index contributed by atoms with van der Waals surface area (Å²) in [4.78, 5) is 15.0. The van der Waals surface area contributed by atoms with E-state index in [1.165, 1.54) is 31.7 Å². The minimum Gasteiger partial charge on any atom is -0.492 e. The number of nitrogens with one attached hydrogen (secondary N) is 1. The normalized spacial score (nSPS) is 28.2. The van der Waals surface area contributed by atoms with Crippen molar-refractivity contribution < 1.29 is 19.0 Å². The maximum absolute atomic E-state index is 14.7. The number of ether oxygens (including phenoxy) is 1. The molecule has 2 N–H and O–H groups in total. The molecule has 0 spiro atoms. The van der Waals surface area contributed by atoms with E-state index >= 15 is 0 Å². The summed E-state index contributed by atoms with van der Waals surface area (Å²) in [7, 11) is 1.25. The zero-order valence-electron chi connectivity index (χ0n) is 19.7. The number of β-amino-alcohol motifs (C(OH)–C–C–N with tert-alkyl or cyclic N) is 1. The van der Waals surface area contributed by atoms with E-state index in [1.807, 2.05) is 18.2 Å². The Morgan fingerprint density at radius 1 is 1.20 bits per heavy atom. The highest BCUT2D eigenvalue weighted by Gasteiger charge is 2.65. The van der Waals surface area contributed by atoms with Crippen LogP contribution in [0.15, 0.2) is 36.4 Å². The second kappa shape index (κ2) is 8.64. The summed E-state index contributed by atoms with van der Waals surface area (Å²) in [6.07, 6.45) is 1.07. The van der Waals surface area contributed by atoms with Crippen LogP contribution in [-0.2, 0) is 4.79 Å². The average Bonchev–Trinajstić information content (AvgIpc) is 3.43. The van der Waals surface area contributed by atoms with Crippen LogP contribution in [0.4, 0.5) is 10.1 Å². The Morgan fingerprint density at radius 3 is 2.57 bits per heavy atom. The van der Waals surface area contributed by atoms with Crippen molar-refractivity contribution in [3.63, 3.8) is 0 Å². The molecule has 1 heterocycles. The molecule has 3 fully saturated rings. The molecule has 1 aliphatic heterocycles. The van der Waals surface area contributed by atoms with Crippen LogP contribution >= 0.6 is 0 Å². The summed E-state index contributed by atoms with van der Waals surface area (Å²) in [5.74, 6) is 1.06. The van der Waals surface area contributed by atoms with E-state index in [0.717, 1.165) is 19.5 Å². The van der Waals surface area contributed by atoms with Crippen molar-refractivity contribution >= 4 is 11.6 Å². The summed E-state index contributed by atoms with van der Waals surface area (Å²) >= 11 is 0. The lowest BCUT2D eigenvalue weighted by Gasteiger charge is -2.37. The molecule has 2 aliphatic carbocycles. The first-order chi connectivity index (χ1) is 16.8. The van der Waals surface area contributed by atoms with Gasteiger partial charge in [0, 0.05) is 19.6 Å². The number of hydrogen-bond donors (Lipinski definition) is 2. The van der Waals surface area contributed by atoms with E-state index in [0.29, 0.717) is 35.2 Å². The number of nitrogens with zero attached hydrogens (tertiary/aromatic N) is 3. The van der Waals surface area contributed by atoms with Gasteiger partial charge < -0.3 is 15.2 Å². The van der Waals surface area contributed by atoms with Crippen LogP contribution in [0.5, 0.6) is 5.75 Å².